The van der Waals surface area contributed by atoms with Gasteiger partial charge in [-0.15, -0.1) is 0 Å². The Balaban J connectivity index is 2.04. The maximum absolute atomic E-state index is 4.48. The molecule has 0 aromatic carbocycles. The lowest BCUT2D eigenvalue weighted by Gasteiger charge is -2.04. The van der Waals surface area contributed by atoms with Gasteiger partial charge in [-0.25, -0.2) is 9.97 Å². The molecule has 2 rings (SSSR count). The van der Waals surface area contributed by atoms with Crippen LogP contribution in [0.5, 0.6) is 0 Å². The van der Waals surface area contributed by atoms with Crippen molar-refractivity contribution in [3.05, 3.63) is 24.5 Å². The fourth-order valence-corrected chi connectivity index (χ4v) is 2.50. The Labute approximate surface area is 103 Å². The number of hydrogen-bond donors (Lipinski definition) is 1. The van der Waals surface area contributed by atoms with Crippen LogP contribution in [0.3, 0.4) is 0 Å². The van der Waals surface area contributed by atoms with Crippen LogP contribution in [0.1, 0.15) is 13.3 Å². The van der Waals surface area contributed by atoms with Crippen molar-refractivity contribution in [3.8, 4) is 0 Å². The van der Waals surface area contributed by atoms with E-state index in [-0.39, 0.29) is 0 Å². The number of hydrogen-bond acceptors (Lipinski definition) is 6. The fourth-order valence-electron chi connectivity index (χ4n) is 1.12. The third-order valence-electron chi connectivity index (χ3n) is 1.81. The van der Waals surface area contributed by atoms with E-state index in [0.29, 0.717) is 0 Å². The van der Waals surface area contributed by atoms with Crippen molar-refractivity contribution >= 4 is 29.1 Å². The summed E-state index contributed by atoms with van der Waals surface area (Å²) in [6.07, 6.45) is 2.65. The van der Waals surface area contributed by atoms with Gasteiger partial charge >= 0.3 is 0 Å². The van der Waals surface area contributed by atoms with Gasteiger partial charge in [-0.05, 0) is 41.8 Å². The molecule has 0 bridgehead atoms. The second-order valence-electron chi connectivity index (χ2n) is 3.10. The summed E-state index contributed by atoms with van der Waals surface area (Å²) < 4.78 is 4.87. The molecule has 0 spiro atoms. The van der Waals surface area contributed by atoms with Gasteiger partial charge in [0.25, 0.3) is 0 Å². The molecule has 4 nitrogen and oxygen atoms in total. The molecule has 2 heterocycles. The molecule has 0 atom stereocenters. The molecule has 0 fully saturated rings. The highest BCUT2D eigenvalue weighted by Crippen LogP contribution is 2.26. The zero-order valence-electron chi connectivity index (χ0n) is 8.88. The molecule has 0 aliphatic rings. The Morgan fingerprint density at radius 1 is 1.44 bits per heavy atom. The van der Waals surface area contributed by atoms with E-state index < -0.39 is 0 Å². The molecule has 0 amide bonds. The van der Waals surface area contributed by atoms with Crippen molar-refractivity contribution in [2.45, 2.75) is 22.7 Å². The van der Waals surface area contributed by atoms with Crippen molar-refractivity contribution in [2.75, 3.05) is 11.9 Å². The lowest BCUT2D eigenvalue weighted by molar-refractivity contribution is 0.959. The normalized spacial score (nSPS) is 10.3. The number of aromatic nitrogens is 3. The van der Waals surface area contributed by atoms with E-state index in [1.165, 1.54) is 23.3 Å². The standard InChI is InChI=1S/C10H12N4S2/c1-2-6-11-8-4-3-5-9(14-8)15-10-12-7-13-16-10/h3-5,7H,2,6H2,1H3,(H,11,14). The first-order valence-corrected chi connectivity index (χ1v) is 6.63. The van der Waals surface area contributed by atoms with Crippen LogP contribution in [0.2, 0.25) is 0 Å². The second-order valence-corrected chi connectivity index (χ2v) is 5.14. The van der Waals surface area contributed by atoms with Gasteiger partial charge in [0, 0.05) is 6.54 Å². The maximum Gasteiger partial charge on any atom is 0.175 e. The minimum atomic E-state index is 0.913. The molecule has 2 aromatic heterocycles. The summed E-state index contributed by atoms with van der Waals surface area (Å²) in [5.41, 5.74) is 0. The van der Waals surface area contributed by atoms with Crippen LogP contribution in [0.25, 0.3) is 0 Å². The van der Waals surface area contributed by atoms with Crippen molar-refractivity contribution in [1.29, 1.82) is 0 Å². The number of nitrogens with one attached hydrogen (secondary N) is 1. The molecule has 0 aliphatic carbocycles. The van der Waals surface area contributed by atoms with Crippen LogP contribution in [-0.4, -0.2) is 20.9 Å². The molecule has 0 unspecified atom stereocenters. The molecule has 0 aliphatic heterocycles. The van der Waals surface area contributed by atoms with Crippen molar-refractivity contribution in [3.63, 3.8) is 0 Å². The highest BCUT2D eigenvalue weighted by atomic mass is 32.2. The number of rotatable bonds is 5. The summed E-state index contributed by atoms with van der Waals surface area (Å²) in [4.78, 5) is 8.59. The molecule has 1 N–H and O–H groups in total. The average molecular weight is 252 g/mol. The first kappa shape index (κ1) is 11.3. The SMILES string of the molecule is CCCNc1cccc(Sc2ncns2)n1. The van der Waals surface area contributed by atoms with Gasteiger partial charge in [0.05, 0.1) is 0 Å². The van der Waals surface area contributed by atoms with E-state index in [2.05, 4.69) is 26.6 Å². The lowest BCUT2D eigenvalue weighted by atomic mass is 10.4. The summed E-state index contributed by atoms with van der Waals surface area (Å²) in [6.45, 7) is 3.08. The van der Waals surface area contributed by atoms with Gasteiger partial charge in [0.2, 0.25) is 0 Å². The molecule has 0 saturated carbocycles. The first-order valence-electron chi connectivity index (χ1n) is 5.04. The third-order valence-corrected chi connectivity index (χ3v) is 3.46. The predicted octanol–water partition coefficient (Wildman–Crippen LogP) is 2.91. The van der Waals surface area contributed by atoms with Gasteiger partial charge in [-0.1, -0.05) is 13.0 Å². The van der Waals surface area contributed by atoms with Crippen molar-refractivity contribution in [2.24, 2.45) is 0 Å². The number of pyridine rings is 1. The quantitative estimate of drug-likeness (QED) is 0.886. The van der Waals surface area contributed by atoms with E-state index in [1.807, 2.05) is 18.2 Å². The third kappa shape index (κ3) is 3.18. The molecule has 16 heavy (non-hydrogen) atoms. The fraction of sp³-hybridized carbons (Fsp3) is 0.300. The number of nitrogens with zero attached hydrogens (tertiary/aromatic N) is 3. The first-order chi connectivity index (χ1) is 7.88. The maximum atomic E-state index is 4.48. The van der Waals surface area contributed by atoms with E-state index in [1.54, 1.807) is 6.33 Å². The van der Waals surface area contributed by atoms with Crippen LogP contribution in [0, 0.1) is 0 Å². The Kier molecular flexibility index (Phi) is 4.12. The minimum Gasteiger partial charge on any atom is -0.370 e. The molecule has 2 aromatic rings. The Morgan fingerprint density at radius 3 is 3.12 bits per heavy atom. The second kappa shape index (κ2) is 5.81. The van der Waals surface area contributed by atoms with Crippen LogP contribution < -0.4 is 5.32 Å². The van der Waals surface area contributed by atoms with E-state index in [0.717, 1.165) is 28.1 Å². The van der Waals surface area contributed by atoms with Gasteiger partial charge in [0.15, 0.2) is 4.34 Å². The zero-order chi connectivity index (χ0) is 11.2. The largest absolute Gasteiger partial charge is 0.370 e. The van der Waals surface area contributed by atoms with Gasteiger partial charge in [-0.3, -0.25) is 0 Å². The van der Waals surface area contributed by atoms with Crippen LogP contribution in [0.4, 0.5) is 5.82 Å². The molecule has 84 valence electrons. The Morgan fingerprint density at radius 2 is 2.38 bits per heavy atom. The van der Waals surface area contributed by atoms with Gasteiger partial charge < -0.3 is 5.32 Å². The smallest absolute Gasteiger partial charge is 0.175 e. The van der Waals surface area contributed by atoms with Crippen LogP contribution >= 0.6 is 23.3 Å². The van der Waals surface area contributed by atoms with Crippen molar-refractivity contribution in [1.82, 2.24) is 14.3 Å². The summed E-state index contributed by atoms with van der Waals surface area (Å²) in [7, 11) is 0. The zero-order valence-corrected chi connectivity index (χ0v) is 10.5. The monoisotopic (exact) mass is 252 g/mol. The molecule has 0 radical (unpaired) electrons. The summed E-state index contributed by atoms with van der Waals surface area (Å²) >= 11 is 2.92. The van der Waals surface area contributed by atoms with E-state index >= 15 is 0 Å². The Hall–Kier alpha value is -1.14. The van der Waals surface area contributed by atoms with E-state index in [9.17, 15) is 0 Å². The highest BCUT2D eigenvalue weighted by Gasteiger charge is 2.02. The molecule has 6 heteroatoms. The van der Waals surface area contributed by atoms with E-state index in [4.69, 9.17) is 0 Å². The van der Waals surface area contributed by atoms with Gasteiger partial charge in [0.1, 0.15) is 17.2 Å². The van der Waals surface area contributed by atoms with Crippen LogP contribution in [0.15, 0.2) is 33.9 Å². The summed E-state index contributed by atoms with van der Waals surface area (Å²) in [5.74, 6) is 0.913. The van der Waals surface area contributed by atoms with Crippen molar-refractivity contribution < 1.29 is 0 Å². The van der Waals surface area contributed by atoms with Gasteiger partial charge in [-0.2, -0.15) is 4.37 Å². The lowest BCUT2D eigenvalue weighted by Crippen LogP contribution is -2.01. The topological polar surface area (TPSA) is 50.7 Å². The Bertz CT molecular complexity index is 430. The predicted molar refractivity (Wildman–Crippen MR) is 67.0 cm³/mol. The molecular formula is C10H12N4S2. The summed E-state index contributed by atoms with van der Waals surface area (Å²) in [6, 6.07) is 5.94. The molecule has 0 saturated heterocycles. The average Bonchev–Trinajstić information content (AvgIpc) is 2.80. The highest BCUT2D eigenvalue weighted by molar-refractivity contribution is 8.00. The summed E-state index contributed by atoms with van der Waals surface area (Å²) in [5, 5.41) is 4.20. The number of anilines is 1. The minimum absolute atomic E-state index is 0.913. The van der Waals surface area contributed by atoms with Crippen LogP contribution in [-0.2, 0) is 0 Å². The molecular weight excluding hydrogens is 240 g/mol.